The maximum atomic E-state index is 12.7. The molecule has 0 N–H and O–H groups in total. The number of amides is 2. The van der Waals surface area contributed by atoms with Crippen LogP contribution in [0.15, 0.2) is 10.8 Å². The van der Waals surface area contributed by atoms with E-state index in [2.05, 4.69) is 17.7 Å². The van der Waals surface area contributed by atoms with Crippen molar-refractivity contribution in [3.8, 4) is 0 Å². The molecule has 2 atom stereocenters. The van der Waals surface area contributed by atoms with E-state index in [9.17, 15) is 9.59 Å². The Morgan fingerprint density at radius 2 is 2.05 bits per heavy atom. The van der Waals surface area contributed by atoms with Gasteiger partial charge in [-0.05, 0) is 55.0 Å². The molecular weight excluding hydrogens is 272 g/mol. The number of piperazine rings is 1. The molecule has 2 aliphatic heterocycles. The number of nitrogens with zero attached hydrogens (tertiary/aromatic N) is 2. The van der Waals surface area contributed by atoms with Gasteiger partial charge in [0.25, 0.3) is 0 Å². The second-order valence-electron chi connectivity index (χ2n) is 5.77. The molecule has 2 unspecified atom stereocenters. The van der Waals surface area contributed by atoms with Crippen LogP contribution in [-0.2, 0) is 16.1 Å². The lowest BCUT2D eigenvalue weighted by molar-refractivity contribution is -0.163. The second-order valence-corrected chi connectivity index (χ2v) is 6.51. The van der Waals surface area contributed by atoms with Crippen molar-refractivity contribution in [2.75, 3.05) is 6.54 Å². The molecule has 1 aromatic rings. The molecule has 0 aliphatic carbocycles. The molecule has 2 fully saturated rings. The average Bonchev–Trinajstić information content (AvgIpc) is 2.86. The molecule has 0 spiro atoms. The molecule has 3 rings (SSSR count). The van der Waals surface area contributed by atoms with Crippen LogP contribution in [0.25, 0.3) is 0 Å². The highest BCUT2D eigenvalue weighted by Crippen LogP contribution is 2.28. The van der Waals surface area contributed by atoms with Crippen LogP contribution in [0.3, 0.4) is 0 Å². The minimum atomic E-state index is -0.337. The normalized spacial score (nSPS) is 26.9. The maximum absolute atomic E-state index is 12.7. The second kappa shape index (κ2) is 5.20. The number of rotatable bonds is 2. The van der Waals surface area contributed by atoms with Crippen molar-refractivity contribution in [3.05, 3.63) is 21.9 Å². The van der Waals surface area contributed by atoms with Crippen LogP contribution in [0, 0.1) is 6.92 Å². The SMILES string of the molecule is Cc1cscc1CN1C(=O)C2CCCCN2C(=O)C1C. The van der Waals surface area contributed by atoms with Crippen molar-refractivity contribution in [2.45, 2.75) is 51.7 Å². The zero-order chi connectivity index (χ0) is 14.3. The number of fused-ring (bicyclic) bond motifs is 1. The monoisotopic (exact) mass is 292 g/mol. The Morgan fingerprint density at radius 3 is 2.75 bits per heavy atom. The summed E-state index contributed by atoms with van der Waals surface area (Å²) < 4.78 is 0. The van der Waals surface area contributed by atoms with Gasteiger partial charge in [-0.1, -0.05) is 0 Å². The van der Waals surface area contributed by atoms with E-state index in [0.717, 1.165) is 31.4 Å². The van der Waals surface area contributed by atoms with E-state index >= 15 is 0 Å². The third-order valence-electron chi connectivity index (χ3n) is 4.48. The molecule has 2 amide bonds. The molecule has 0 saturated carbocycles. The number of piperidine rings is 1. The molecule has 0 aromatic carbocycles. The van der Waals surface area contributed by atoms with Crippen molar-refractivity contribution in [2.24, 2.45) is 0 Å². The van der Waals surface area contributed by atoms with E-state index in [4.69, 9.17) is 0 Å². The minimum absolute atomic E-state index is 0.113. The van der Waals surface area contributed by atoms with E-state index in [1.165, 1.54) is 5.56 Å². The van der Waals surface area contributed by atoms with Crippen molar-refractivity contribution < 1.29 is 9.59 Å². The van der Waals surface area contributed by atoms with Gasteiger partial charge in [-0.15, -0.1) is 0 Å². The predicted octanol–water partition coefficient (Wildman–Crippen LogP) is 2.17. The molecule has 2 aliphatic rings. The van der Waals surface area contributed by atoms with Crippen LogP contribution in [0.2, 0.25) is 0 Å². The summed E-state index contributed by atoms with van der Waals surface area (Å²) in [5, 5.41) is 4.16. The Kier molecular flexibility index (Phi) is 3.54. The largest absolute Gasteiger partial charge is 0.329 e. The van der Waals surface area contributed by atoms with E-state index in [-0.39, 0.29) is 23.9 Å². The van der Waals surface area contributed by atoms with E-state index < -0.39 is 0 Å². The fourth-order valence-corrected chi connectivity index (χ4v) is 4.00. The summed E-state index contributed by atoms with van der Waals surface area (Å²) in [5.74, 6) is 0.240. The molecule has 4 nitrogen and oxygen atoms in total. The van der Waals surface area contributed by atoms with E-state index in [0.29, 0.717) is 6.54 Å². The zero-order valence-electron chi connectivity index (χ0n) is 12.0. The average molecular weight is 292 g/mol. The van der Waals surface area contributed by atoms with Gasteiger partial charge in [0.15, 0.2) is 0 Å². The Hall–Kier alpha value is -1.36. The quantitative estimate of drug-likeness (QED) is 0.838. The number of hydrogen-bond acceptors (Lipinski definition) is 3. The molecule has 20 heavy (non-hydrogen) atoms. The van der Waals surface area contributed by atoms with Crippen LogP contribution in [-0.4, -0.2) is 40.2 Å². The van der Waals surface area contributed by atoms with Crippen molar-refractivity contribution in [3.63, 3.8) is 0 Å². The summed E-state index contributed by atoms with van der Waals surface area (Å²) in [6.07, 6.45) is 2.88. The lowest BCUT2D eigenvalue weighted by atomic mass is 9.95. The summed E-state index contributed by atoms with van der Waals surface area (Å²) in [5.41, 5.74) is 2.36. The Bertz CT molecular complexity index is 540. The van der Waals surface area contributed by atoms with E-state index in [1.807, 2.05) is 6.92 Å². The maximum Gasteiger partial charge on any atom is 0.246 e. The van der Waals surface area contributed by atoms with Crippen molar-refractivity contribution >= 4 is 23.2 Å². The van der Waals surface area contributed by atoms with Crippen molar-refractivity contribution in [1.29, 1.82) is 0 Å². The highest BCUT2D eigenvalue weighted by atomic mass is 32.1. The Labute approximate surface area is 123 Å². The minimum Gasteiger partial charge on any atom is -0.329 e. The standard InChI is InChI=1S/C15H20N2O2S/c1-10-8-20-9-12(10)7-17-11(2)14(18)16-6-4-3-5-13(16)15(17)19/h8-9,11,13H,3-7H2,1-2H3. The molecule has 2 saturated heterocycles. The first kappa shape index (κ1) is 13.6. The topological polar surface area (TPSA) is 40.6 Å². The molecule has 3 heterocycles. The van der Waals surface area contributed by atoms with Gasteiger partial charge in [0.05, 0.1) is 0 Å². The molecule has 0 bridgehead atoms. The lowest BCUT2D eigenvalue weighted by Crippen LogP contribution is -2.64. The fraction of sp³-hybridized carbons (Fsp3) is 0.600. The Morgan fingerprint density at radius 1 is 1.25 bits per heavy atom. The number of carbonyl (C=O) groups is 2. The van der Waals surface area contributed by atoms with E-state index in [1.54, 1.807) is 21.1 Å². The van der Waals surface area contributed by atoms with Gasteiger partial charge >= 0.3 is 0 Å². The number of carbonyl (C=O) groups excluding carboxylic acids is 2. The Balaban J connectivity index is 1.85. The van der Waals surface area contributed by atoms with Gasteiger partial charge in [0.1, 0.15) is 12.1 Å². The lowest BCUT2D eigenvalue weighted by Gasteiger charge is -2.46. The summed E-state index contributed by atoms with van der Waals surface area (Å²) in [7, 11) is 0. The van der Waals surface area contributed by atoms with Crippen molar-refractivity contribution in [1.82, 2.24) is 9.80 Å². The first-order valence-electron chi connectivity index (χ1n) is 7.22. The van der Waals surface area contributed by atoms with Crippen LogP contribution in [0.5, 0.6) is 0 Å². The number of thiophene rings is 1. The smallest absolute Gasteiger partial charge is 0.246 e. The number of aryl methyl sites for hydroxylation is 1. The number of hydrogen-bond donors (Lipinski definition) is 0. The summed E-state index contributed by atoms with van der Waals surface area (Å²) in [6.45, 7) is 5.21. The first-order chi connectivity index (χ1) is 9.59. The molecule has 5 heteroatoms. The summed E-state index contributed by atoms with van der Waals surface area (Å²) in [4.78, 5) is 28.7. The molecule has 1 aromatic heterocycles. The highest BCUT2D eigenvalue weighted by molar-refractivity contribution is 7.08. The first-order valence-corrected chi connectivity index (χ1v) is 8.16. The third kappa shape index (κ3) is 2.14. The molecule has 108 valence electrons. The van der Waals surface area contributed by atoms with Gasteiger partial charge < -0.3 is 9.80 Å². The van der Waals surface area contributed by atoms with Crippen LogP contribution in [0.4, 0.5) is 0 Å². The van der Waals surface area contributed by atoms with Gasteiger partial charge in [0.2, 0.25) is 11.8 Å². The zero-order valence-corrected chi connectivity index (χ0v) is 12.8. The summed E-state index contributed by atoms with van der Waals surface area (Å²) >= 11 is 1.65. The third-order valence-corrected chi connectivity index (χ3v) is 5.39. The molecular formula is C15H20N2O2S. The summed E-state index contributed by atoms with van der Waals surface area (Å²) in [6, 6.07) is -0.553. The van der Waals surface area contributed by atoms with Crippen LogP contribution in [0.1, 0.15) is 37.3 Å². The van der Waals surface area contributed by atoms with Crippen LogP contribution < -0.4 is 0 Å². The highest BCUT2D eigenvalue weighted by Gasteiger charge is 2.44. The van der Waals surface area contributed by atoms with Crippen LogP contribution >= 0.6 is 11.3 Å². The van der Waals surface area contributed by atoms with Gasteiger partial charge in [-0.25, -0.2) is 0 Å². The van der Waals surface area contributed by atoms with Gasteiger partial charge in [-0.2, -0.15) is 11.3 Å². The predicted molar refractivity (Wildman–Crippen MR) is 78.4 cm³/mol. The fourth-order valence-electron chi connectivity index (χ4n) is 3.15. The van der Waals surface area contributed by atoms with Gasteiger partial charge in [0, 0.05) is 13.1 Å². The van der Waals surface area contributed by atoms with Gasteiger partial charge in [-0.3, -0.25) is 9.59 Å². The molecule has 0 radical (unpaired) electrons.